The van der Waals surface area contributed by atoms with Crippen LogP contribution >= 0.6 is 34.5 Å². The number of halogens is 2. The maximum absolute atomic E-state index is 5.97. The Labute approximate surface area is 108 Å². The van der Waals surface area contributed by atoms with Gasteiger partial charge in [0.15, 0.2) is 5.75 Å². The summed E-state index contributed by atoms with van der Waals surface area (Å²) in [7, 11) is 0. The van der Waals surface area contributed by atoms with Gasteiger partial charge in [-0.2, -0.15) is 0 Å². The molecule has 1 heterocycles. The van der Waals surface area contributed by atoms with Crippen LogP contribution in [0.5, 0.6) is 5.75 Å². The Morgan fingerprint density at radius 3 is 2.56 bits per heavy atom. The van der Waals surface area contributed by atoms with E-state index in [2.05, 4.69) is 4.98 Å². The van der Waals surface area contributed by atoms with Crippen molar-refractivity contribution in [3.8, 4) is 5.75 Å². The Morgan fingerprint density at radius 1 is 1.31 bits per heavy atom. The van der Waals surface area contributed by atoms with E-state index in [1.807, 2.05) is 12.3 Å². The first kappa shape index (κ1) is 11.7. The molecule has 0 aliphatic rings. The van der Waals surface area contributed by atoms with Crippen molar-refractivity contribution in [3.05, 3.63) is 44.3 Å². The summed E-state index contributed by atoms with van der Waals surface area (Å²) in [6, 6.07) is 5.27. The van der Waals surface area contributed by atoms with E-state index < -0.39 is 0 Å². The lowest BCUT2D eigenvalue weighted by molar-refractivity contribution is 0.302. The molecular formula is C11H9Cl2NOS. The van der Waals surface area contributed by atoms with Crippen LogP contribution in [0.1, 0.15) is 10.7 Å². The van der Waals surface area contributed by atoms with Gasteiger partial charge in [0, 0.05) is 5.38 Å². The second-order valence-corrected chi connectivity index (χ2v) is 5.07. The number of benzene rings is 1. The predicted molar refractivity (Wildman–Crippen MR) is 67.6 cm³/mol. The van der Waals surface area contributed by atoms with E-state index in [0.29, 0.717) is 22.4 Å². The Balaban J connectivity index is 2.10. The fourth-order valence-electron chi connectivity index (χ4n) is 1.24. The maximum Gasteiger partial charge on any atom is 0.157 e. The SMILES string of the molecule is Cc1nc(COc2c(Cl)cccc2Cl)cs1. The summed E-state index contributed by atoms with van der Waals surface area (Å²) >= 11 is 13.5. The highest BCUT2D eigenvalue weighted by molar-refractivity contribution is 7.09. The van der Waals surface area contributed by atoms with Crippen molar-refractivity contribution in [1.82, 2.24) is 4.98 Å². The lowest BCUT2D eigenvalue weighted by atomic mass is 10.3. The second kappa shape index (κ2) is 5.04. The molecule has 0 unspecified atom stereocenters. The molecule has 1 aromatic heterocycles. The lowest BCUT2D eigenvalue weighted by Crippen LogP contribution is -1.96. The van der Waals surface area contributed by atoms with Crippen molar-refractivity contribution in [1.29, 1.82) is 0 Å². The molecular weight excluding hydrogens is 265 g/mol. The van der Waals surface area contributed by atoms with E-state index >= 15 is 0 Å². The monoisotopic (exact) mass is 273 g/mol. The van der Waals surface area contributed by atoms with Gasteiger partial charge in [-0.05, 0) is 19.1 Å². The molecule has 0 aliphatic carbocycles. The predicted octanol–water partition coefficient (Wildman–Crippen LogP) is 4.34. The summed E-state index contributed by atoms with van der Waals surface area (Å²) in [5.41, 5.74) is 0.887. The molecule has 2 nitrogen and oxygen atoms in total. The summed E-state index contributed by atoms with van der Waals surface area (Å²) in [6.45, 7) is 2.34. The lowest BCUT2D eigenvalue weighted by Gasteiger charge is -2.07. The van der Waals surface area contributed by atoms with Gasteiger partial charge in [-0.15, -0.1) is 11.3 Å². The molecule has 0 atom stereocenters. The van der Waals surface area contributed by atoms with Gasteiger partial charge in [0.2, 0.25) is 0 Å². The maximum atomic E-state index is 5.97. The minimum absolute atomic E-state index is 0.383. The van der Waals surface area contributed by atoms with Crippen molar-refractivity contribution in [2.24, 2.45) is 0 Å². The molecule has 84 valence electrons. The van der Waals surface area contributed by atoms with Crippen LogP contribution in [-0.4, -0.2) is 4.98 Å². The van der Waals surface area contributed by atoms with Gasteiger partial charge in [0.25, 0.3) is 0 Å². The molecule has 5 heteroatoms. The average molecular weight is 274 g/mol. The topological polar surface area (TPSA) is 22.1 Å². The molecule has 0 saturated carbocycles. The van der Waals surface area contributed by atoms with Crippen molar-refractivity contribution in [3.63, 3.8) is 0 Å². The first-order valence-corrected chi connectivity index (χ1v) is 6.28. The van der Waals surface area contributed by atoms with Gasteiger partial charge in [0.05, 0.1) is 20.7 Å². The molecule has 2 rings (SSSR count). The highest BCUT2D eigenvalue weighted by Gasteiger charge is 2.07. The van der Waals surface area contributed by atoms with Crippen LogP contribution in [0.2, 0.25) is 10.0 Å². The number of para-hydroxylation sites is 1. The van der Waals surface area contributed by atoms with E-state index in [-0.39, 0.29) is 0 Å². The van der Waals surface area contributed by atoms with Gasteiger partial charge in [-0.1, -0.05) is 29.3 Å². The quantitative estimate of drug-likeness (QED) is 0.830. The van der Waals surface area contributed by atoms with Crippen molar-refractivity contribution < 1.29 is 4.74 Å². The van der Waals surface area contributed by atoms with Crippen LogP contribution < -0.4 is 4.74 Å². The molecule has 0 aliphatic heterocycles. The molecule has 0 fully saturated rings. The third-order valence-electron chi connectivity index (χ3n) is 1.95. The number of hydrogen-bond acceptors (Lipinski definition) is 3. The summed E-state index contributed by atoms with van der Waals surface area (Å²) in [5.74, 6) is 0.511. The Bertz CT molecular complexity index is 478. The highest BCUT2D eigenvalue weighted by atomic mass is 35.5. The smallest absolute Gasteiger partial charge is 0.157 e. The Morgan fingerprint density at radius 2 is 2.00 bits per heavy atom. The van der Waals surface area contributed by atoms with Crippen molar-refractivity contribution in [2.75, 3.05) is 0 Å². The second-order valence-electron chi connectivity index (χ2n) is 3.20. The number of hydrogen-bond donors (Lipinski definition) is 0. The summed E-state index contributed by atoms with van der Waals surface area (Å²) in [5, 5.41) is 4.00. The number of ether oxygens (including phenoxy) is 1. The zero-order valence-electron chi connectivity index (χ0n) is 8.54. The van der Waals surface area contributed by atoms with Crippen molar-refractivity contribution in [2.45, 2.75) is 13.5 Å². The van der Waals surface area contributed by atoms with Gasteiger partial charge >= 0.3 is 0 Å². The number of thiazole rings is 1. The fourth-order valence-corrected chi connectivity index (χ4v) is 2.34. The zero-order valence-corrected chi connectivity index (χ0v) is 10.9. The van der Waals surface area contributed by atoms with Crippen LogP contribution in [0.15, 0.2) is 23.6 Å². The molecule has 0 radical (unpaired) electrons. The van der Waals surface area contributed by atoms with E-state index in [4.69, 9.17) is 27.9 Å². The van der Waals surface area contributed by atoms with E-state index in [9.17, 15) is 0 Å². The third kappa shape index (κ3) is 2.67. The largest absolute Gasteiger partial charge is 0.484 e. The van der Waals surface area contributed by atoms with E-state index in [1.54, 1.807) is 29.5 Å². The Hall–Kier alpha value is -0.770. The molecule has 0 N–H and O–H groups in total. The zero-order chi connectivity index (χ0) is 11.5. The average Bonchev–Trinajstić information content (AvgIpc) is 2.63. The molecule has 1 aromatic carbocycles. The van der Waals surface area contributed by atoms with Gasteiger partial charge < -0.3 is 4.74 Å². The number of aryl methyl sites for hydroxylation is 1. The minimum Gasteiger partial charge on any atom is -0.484 e. The van der Waals surface area contributed by atoms with Gasteiger partial charge in [-0.3, -0.25) is 0 Å². The number of rotatable bonds is 3. The standard InChI is InChI=1S/C11H9Cl2NOS/c1-7-14-8(6-16-7)5-15-11-9(12)3-2-4-10(11)13/h2-4,6H,5H2,1H3. The summed E-state index contributed by atoms with van der Waals surface area (Å²) in [4.78, 5) is 4.29. The molecule has 0 amide bonds. The fraction of sp³-hybridized carbons (Fsp3) is 0.182. The van der Waals surface area contributed by atoms with Crippen LogP contribution in [-0.2, 0) is 6.61 Å². The number of aromatic nitrogens is 1. The van der Waals surface area contributed by atoms with Gasteiger partial charge in [-0.25, -0.2) is 4.98 Å². The number of nitrogens with zero attached hydrogens (tertiary/aromatic N) is 1. The van der Waals surface area contributed by atoms with E-state index in [1.165, 1.54) is 0 Å². The minimum atomic E-state index is 0.383. The molecule has 0 spiro atoms. The first-order valence-electron chi connectivity index (χ1n) is 4.64. The summed E-state index contributed by atoms with van der Waals surface area (Å²) in [6.07, 6.45) is 0. The first-order chi connectivity index (χ1) is 7.66. The van der Waals surface area contributed by atoms with Crippen LogP contribution in [0.25, 0.3) is 0 Å². The molecule has 2 aromatic rings. The van der Waals surface area contributed by atoms with Crippen LogP contribution in [0, 0.1) is 6.92 Å². The van der Waals surface area contributed by atoms with Gasteiger partial charge in [0.1, 0.15) is 6.61 Å². The van der Waals surface area contributed by atoms with Crippen LogP contribution in [0.3, 0.4) is 0 Å². The highest BCUT2D eigenvalue weighted by Crippen LogP contribution is 2.32. The molecule has 16 heavy (non-hydrogen) atoms. The van der Waals surface area contributed by atoms with Crippen LogP contribution in [0.4, 0.5) is 0 Å². The molecule has 0 bridgehead atoms. The molecule has 0 saturated heterocycles. The summed E-state index contributed by atoms with van der Waals surface area (Å²) < 4.78 is 5.55. The van der Waals surface area contributed by atoms with Crippen molar-refractivity contribution >= 4 is 34.5 Å². The third-order valence-corrected chi connectivity index (χ3v) is 3.37. The normalized spacial score (nSPS) is 10.4. The van der Waals surface area contributed by atoms with E-state index in [0.717, 1.165) is 10.7 Å². The Kier molecular flexibility index (Phi) is 3.69.